The third kappa shape index (κ3) is 2.42. The van der Waals surface area contributed by atoms with Crippen LogP contribution in [0.1, 0.15) is 24.4 Å². The molecule has 1 heterocycles. The van der Waals surface area contributed by atoms with Crippen LogP contribution in [0.25, 0.3) is 0 Å². The van der Waals surface area contributed by atoms with Gasteiger partial charge in [-0.25, -0.2) is 9.37 Å². The van der Waals surface area contributed by atoms with E-state index in [1.165, 1.54) is 6.07 Å². The Morgan fingerprint density at radius 2 is 2.35 bits per heavy atom. The van der Waals surface area contributed by atoms with E-state index in [9.17, 15) is 4.39 Å². The number of rotatable bonds is 3. The Hall–Kier alpha value is -2.35. The average molecular weight is 230 g/mol. The zero-order valence-electron chi connectivity index (χ0n) is 9.24. The SMILES string of the molecule is CC(Nc1ccc(C#N)cc1F)c1ncc[nH]1. The van der Waals surface area contributed by atoms with Crippen LogP contribution in [0, 0.1) is 17.1 Å². The topological polar surface area (TPSA) is 64.5 Å². The summed E-state index contributed by atoms with van der Waals surface area (Å²) >= 11 is 0. The molecule has 1 aromatic heterocycles. The van der Waals surface area contributed by atoms with Crippen LogP contribution < -0.4 is 5.32 Å². The van der Waals surface area contributed by atoms with Crippen molar-refractivity contribution in [2.45, 2.75) is 13.0 Å². The van der Waals surface area contributed by atoms with Gasteiger partial charge in [0.05, 0.1) is 23.4 Å². The van der Waals surface area contributed by atoms with Crippen molar-refractivity contribution in [3.63, 3.8) is 0 Å². The number of H-pyrrole nitrogens is 1. The average Bonchev–Trinajstić information content (AvgIpc) is 2.85. The number of hydrogen-bond acceptors (Lipinski definition) is 3. The number of hydrogen-bond donors (Lipinski definition) is 2. The fraction of sp³-hybridized carbons (Fsp3) is 0.167. The smallest absolute Gasteiger partial charge is 0.147 e. The van der Waals surface area contributed by atoms with Gasteiger partial charge in [0, 0.05) is 12.4 Å². The van der Waals surface area contributed by atoms with E-state index in [1.54, 1.807) is 24.5 Å². The predicted molar refractivity (Wildman–Crippen MR) is 61.7 cm³/mol. The maximum atomic E-state index is 13.6. The van der Waals surface area contributed by atoms with Crippen LogP contribution in [-0.4, -0.2) is 9.97 Å². The van der Waals surface area contributed by atoms with Crippen LogP contribution in [-0.2, 0) is 0 Å². The highest BCUT2D eigenvalue weighted by Crippen LogP contribution is 2.20. The normalized spacial score (nSPS) is 11.8. The van der Waals surface area contributed by atoms with E-state index in [2.05, 4.69) is 15.3 Å². The monoisotopic (exact) mass is 230 g/mol. The van der Waals surface area contributed by atoms with Crippen LogP contribution in [0.2, 0.25) is 0 Å². The molecule has 0 saturated carbocycles. The van der Waals surface area contributed by atoms with E-state index in [0.717, 1.165) is 5.82 Å². The molecule has 2 aromatic rings. The van der Waals surface area contributed by atoms with Crippen molar-refractivity contribution in [3.8, 4) is 6.07 Å². The molecule has 1 atom stereocenters. The highest BCUT2D eigenvalue weighted by Gasteiger charge is 2.10. The summed E-state index contributed by atoms with van der Waals surface area (Å²) in [5.74, 6) is 0.288. The van der Waals surface area contributed by atoms with E-state index in [0.29, 0.717) is 11.3 Å². The highest BCUT2D eigenvalue weighted by atomic mass is 19.1. The van der Waals surface area contributed by atoms with Crippen LogP contribution >= 0.6 is 0 Å². The van der Waals surface area contributed by atoms with Crippen molar-refractivity contribution >= 4 is 5.69 Å². The molecule has 86 valence electrons. The first-order chi connectivity index (χ1) is 8.20. The predicted octanol–water partition coefficient (Wildman–Crippen LogP) is 2.59. The highest BCUT2D eigenvalue weighted by molar-refractivity contribution is 5.49. The van der Waals surface area contributed by atoms with E-state index in [4.69, 9.17) is 5.26 Å². The second kappa shape index (κ2) is 4.66. The van der Waals surface area contributed by atoms with Crippen LogP contribution in [0.5, 0.6) is 0 Å². The summed E-state index contributed by atoms with van der Waals surface area (Å²) in [6.07, 6.45) is 3.35. The van der Waals surface area contributed by atoms with Crippen molar-refractivity contribution in [1.29, 1.82) is 5.26 Å². The number of anilines is 1. The van der Waals surface area contributed by atoms with Crippen LogP contribution in [0.15, 0.2) is 30.6 Å². The molecule has 0 saturated heterocycles. The standard InChI is InChI=1S/C12H11FN4/c1-8(12-15-4-5-16-12)17-11-3-2-9(7-14)6-10(11)13/h2-6,8,17H,1H3,(H,15,16). The van der Waals surface area contributed by atoms with E-state index in [-0.39, 0.29) is 6.04 Å². The van der Waals surface area contributed by atoms with Crippen molar-refractivity contribution in [2.75, 3.05) is 5.32 Å². The molecule has 0 aliphatic carbocycles. The third-order valence-electron chi connectivity index (χ3n) is 2.40. The lowest BCUT2D eigenvalue weighted by Crippen LogP contribution is -2.09. The molecule has 0 amide bonds. The molecular weight excluding hydrogens is 219 g/mol. The summed E-state index contributed by atoms with van der Waals surface area (Å²) in [6, 6.07) is 6.08. The number of aromatic amines is 1. The molecule has 1 aromatic carbocycles. The van der Waals surface area contributed by atoms with Crippen LogP contribution in [0.4, 0.5) is 10.1 Å². The maximum Gasteiger partial charge on any atom is 0.147 e. The zero-order chi connectivity index (χ0) is 12.3. The summed E-state index contributed by atoms with van der Waals surface area (Å²) in [5.41, 5.74) is 0.659. The van der Waals surface area contributed by atoms with Gasteiger partial charge in [0.1, 0.15) is 11.6 Å². The second-order valence-electron chi connectivity index (χ2n) is 3.65. The minimum absolute atomic E-state index is 0.132. The van der Waals surface area contributed by atoms with Crippen molar-refractivity contribution < 1.29 is 4.39 Å². The Morgan fingerprint density at radius 3 is 2.94 bits per heavy atom. The van der Waals surface area contributed by atoms with Gasteiger partial charge in [-0.1, -0.05) is 0 Å². The fourth-order valence-electron chi connectivity index (χ4n) is 1.52. The quantitative estimate of drug-likeness (QED) is 0.851. The largest absolute Gasteiger partial charge is 0.373 e. The zero-order valence-corrected chi connectivity index (χ0v) is 9.24. The molecule has 0 aliphatic heterocycles. The van der Waals surface area contributed by atoms with Crippen molar-refractivity contribution in [2.24, 2.45) is 0 Å². The molecule has 2 rings (SSSR count). The lowest BCUT2D eigenvalue weighted by atomic mass is 10.2. The van der Waals surface area contributed by atoms with E-state index >= 15 is 0 Å². The van der Waals surface area contributed by atoms with E-state index < -0.39 is 5.82 Å². The fourth-order valence-corrected chi connectivity index (χ4v) is 1.52. The summed E-state index contributed by atoms with van der Waals surface area (Å²) in [4.78, 5) is 7.03. The molecule has 0 radical (unpaired) electrons. The molecule has 0 fully saturated rings. The van der Waals surface area contributed by atoms with Gasteiger partial charge in [-0.15, -0.1) is 0 Å². The molecule has 4 nitrogen and oxygen atoms in total. The molecular formula is C12H11FN4. The molecule has 0 bridgehead atoms. The molecule has 0 spiro atoms. The van der Waals surface area contributed by atoms with Gasteiger partial charge in [0.15, 0.2) is 0 Å². The molecule has 2 N–H and O–H groups in total. The van der Waals surface area contributed by atoms with Gasteiger partial charge in [0.25, 0.3) is 0 Å². The second-order valence-corrected chi connectivity index (χ2v) is 3.65. The number of benzene rings is 1. The van der Waals surface area contributed by atoms with Gasteiger partial charge in [-0.2, -0.15) is 5.26 Å². The molecule has 17 heavy (non-hydrogen) atoms. The summed E-state index contributed by atoms with van der Waals surface area (Å²) < 4.78 is 13.6. The van der Waals surface area contributed by atoms with Gasteiger partial charge < -0.3 is 10.3 Å². The Balaban J connectivity index is 2.17. The Labute approximate surface area is 98.1 Å². The molecule has 5 heteroatoms. The first-order valence-electron chi connectivity index (χ1n) is 5.16. The summed E-state index contributed by atoms with van der Waals surface area (Å²) in [5, 5.41) is 11.6. The first-order valence-corrected chi connectivity index (χ1v) is 5.16. The lowest BCUT2D eigenvalue weighted by molar-refractivity contribution is 0.626. The number of nitrogens with zero attached hydrogens (tertiary/aromatic N) is 2. The van der Waals surface area contributed by atoms with Crippen molar-refractivity contribution in [3.05, 3.63) is 47.8 Å². The first kappa shape index (κ1) is 11.1. The minimum Gasteiger partial charge on any atom is -0.373 e. The Kier molecular flexibility index (Phi) is 3.06. The number of imidazole rings is 1. The molecule has 0 aliphatic rings. The van der Waals surface area contributed by atoms with Crippen LogP contribution in [0.3, 0.4) is 0 Å². The number of nitriles is 1. The summed E-state index contributed by atoms with van der Waals surface area (Å²) in [6.45, 7) is 1.87. The minimum atomic E-state index is -0.442. The lowest BCUT2D eigenvalue weighted by Gasteiger charge is -2.13. The Morgan fingerprint density at radius 1 is 1.53 bits per heavy atom. The molecule has 1 unspecified atom stereocenters. The van der Waals surface area contributed by atoms with Gasteiger partial charge >= 0.3 is 0 Å². The van der Waals surface area contributed by atoms with Gasteiger partial charge in [0.2, 0.25) is 0 Å². The van der Waals surface area contributed by atoms with Gasteiger partial charge in [-0.05, 0) is 25.1 Å². The number of nitrogens with one attached hydrogen (secondary N) is 2. The Bertz CT molecular complexity index is 542. The third-order valence-corrected chi connectivity index (χ3v) is 2.40. The van der Waals surface area contributed by atoms with Crippen molar-refractivity contribution in [1.82, 2.24) is 9.97 Å². The van der Waals surface area contributed by atoms with E-state index in [1.807, 2.05) is 13.0 Å². The summed E-state index contributed by atoms with van der Waals surface area (Å²) in [7, 11) is 0. The van der Waals surface area contributed by atoms with Gasteiger partial charge in [-0.3, -0.25) is 0 Å². The maximum absolute atomic E-state index is 13.6. The number of halogens is 1. The number of aromatic nitrogens is 2.